The molecule has 0 aliphatic heterocycles. The smallest absolute Gasteiger partial charge is 0.192 e. The van der Waals surface area contributed by atoms with Crippen molar-refractivity contribution in [3.63, 3.8) is 0 Å². The van der Waals surface area contributed by atoms with Crippen molar-refractivity contribution in [2.24, 2.45) is 5.41 Å². The van der Waals surface area contributed by atoms with Crippen molar-refractivity contribution < 1.29 is 4.43 Å². The molecule has 0 aliphatic rings. The van der Waals surface area contributed by atoms with Crippen molar-refractivity contribution in [1.82, 2.24) is 0 Å². The molecular formula is C14H30OSi. The molecule has 0 saturated carbocycles. The maximum atomic E-state index is 6.47. The average Bonchev–Trinajstić information content (AvgIpc) is 1.99. The van der Waals surface area contributed by atoms with Gasteiger partial charge in [0.15, 0.2) is 8.32 Å². The third-order valence-corrected chi connectivity index (χ3v) is 8.08. The van der Waals surface area contributed by atoms with E-state index in [9.17, 15) is 0 Å². The molecule has 0 saturated heterocycles. The molecule has 1 atom stereocenters. The summed E-state index contributed by atoms with van der Waals surface area (Å²) >= 11 is 0. The van der Waals surface area contributed by atoms with Crippen molar-refractivity contribution in [3.05, 3.63) is 12.7 Å². The van der Waals surface area contributed by atoms with E-state index in [1.807, 2.05) is 6.08 Å². The molecule has 0 spiro atoms. The lowest BCUT2D eigenvalue weighted by molar-refractivity contribution is 0.0756. The predicted molar refractivity (Wildman–Crippen MR) is 76.3 cm³/mol. The Morgan fingerprint density at radius 1 is 1.12 bits per heavy atom. The van der Waals surface area contributed by atoms with E-state index in [1.165, 1.54) is 0 Å². The topological polar surface area (TPSA) is 9.23 Å². The first kappa shape index (κ1) is 15.9. The molecule has 0 unspecified atom stereocenters. The Morgan fingerprint density at radius 2 is 1.56 bits per heavy atom. The van der Waals surface area contributed by atoms with Crippen molar-refractivity contribution in [2.45, 2.75) is 72.2 Å². The van der Waals surface area contributed by atoms with Crippen molar-refractivity contribution >= 4 is 8.32 Å². The summed E-state index contributed by atoms with van der Waals surface area (Å²) < 4.78 is 6.47. The van der Waals surface area contributed by atoms with E-state index in [2.05, 4.69) is 61.2 Å². The maximum absolute atomic E-state index is 6.47. The summed E-state index contributed by atoms with van der Waals surface area (Å²) in [5, 5.41) is 0.275. The van der Waals surface area contributed by atoms with Gasteiger partial charge in [0.1, 0.15) is 0 Å². The molecule has 0 rings (SSSR count). The van der Waals surface area contributed by atoms with Crippen LogP contribution in [-0.2, 0) is 4.43 Å². The molecule has 0 radical (unpaired) electrons. The second kappa shape index (κ2) is 5.05. The van der Waals surface area contributed by atoms with Gasteiger partial charge in [-0.25, -0.2) is 0 Å². The molecule has 16 heavy (non-hydrogen) atoms. The van der Waals surface area contributed by atoms with E-state index in [0.29, 0.717) is 0 Å². The van der Waals surface area contributed by atoms with Gasteiger partial charge in [-0.05, 0) is 30.0 Å². The predicted octanol–water partition coefficient (Wildman–Crippen LogP) is 5.00. The van der Waals surface area contributed by atoms with Crippen molar-refractivity contribution in [1.29, 1.82) is 0 Å². The summed E-state index contributed by atoms with van der Waals surface area (Å²) in [6.45, 7) is 22.1. The van der Waals surface area contributed by atoms with Crippen LogP contribution in [0, 0.1) is 5.41 Å². The second-order valence-corrected chi connectivity index (χ2v) is 12.0. The zero-order valence-corrected chi connectivity index (χ0v) is 13.5. The van der Waals surface area contributed by atoms with Gasteiger partial charge in [0.25, 0.3) is 0 Å². The van der Waals surface area contributed by atoms with Crippen LogP contribution in [0.2, 0.25) is 18.1 Å². The molecule has 0 fully saturated rings. The molecule has 0 aromatic carbocycles. The fourth-order valence-corrected chi connectivity index (χ4v) is 2.78. The lowest BCUT2D eigenvalue weighted by atomic mass is 9.87. The highest BCUT2D eigenvalue weighted by atomic mass is 28.4. The summed E-state index contributed by atoms with van der Waals surface area (Å²) in [7, 11) is -1.66. The summed E-state index contributed by atoms with van der Waals surface area (Å²) in [6.07, 6.45) is 3.20. The summed E-state index contributed by atoms with van der Waals surface area (Å²) in [4.78, 5) is 0. The Bertz CT molecular complexity index is 230. The lowest BCUT2D eigenvalue weighted by Gasteiger charge is -2.43. The van der Waals surface area contributed by atoms with E-state index >= 15 is 0 Å². The Kier molecular flexibility index (Phi) is 5.02. The standard InChI is InChI=1S/C14H30OSi/c1-10-11-12(13(2,3)4)15-16(8,9)14(5,6)7/h10,12H,1,11H2,2-9H3/t12-/m0/s1. The van der Waals surface area contributed by atoms with E-state index in [1.54, 1.807) is 0 Å². The lowest BCUT2D eigenvalue weighted by Crippen LogP contribution is -2.47. The molecule has 0 aliphatic carbocycles. The van der Waals surface area contributed by atoms with Gasteiger partial charge in [0.2, 0.25) is 0 Å². The van der Waals surface area contributed by atoms with E-state index in [-0.39, 0.29) is 16.6 Å². The van der Waals surface area contributed by atoms with Gasteiger partial charge in [0.05, 0.1) is 6.10 Å². The molecule has 0 heterocycles. The number of hydrogen-bond donors (Lipinski definition) is 0. The van der Waals surface area contributed by atoms with Gasteiger partial charge in [-0.3, -0.25) is 0 Å². The van der Waals surface area contributed by atoms with Gasteiger partial charge < -0.3 is 4.43 Å². The van der Waals surface area contributed by atoms with Gasteiger partial charge >= 0.3 is 0 Å². The van der Waals surface area contributed by atoms with Crippen LogP contribution < -0.4 is 0 Å². The first-order valence-corrected chi connectivity index (χ1v) is 9.11. The maximum Gasteiger partial charge on any atom is 0.192 e. The monoisotopic (exact) mass is 242 g/mol. The normalized spacial score (nSPS) is 16.0. The number of rotatable bonds is 4. The molecular weight excluding hydrogens is 212 g/mol. The second-order valence-electron chi connectivity index (χ2n) is 7.26. The average molecular weight is 242 g/mol. The van der Waals surface area contributed by atoms with Crippen LogP contribution in [0.15, 0.2) is 12.7 Å². The van der Waals surface area contributed by atoms with Gasteiger partial charge in [0, 0.05) is 0 Å². The minimum Gasteiger partial charge on any atom is -0.413 e. The van der Waals surface area contributed by atoms with E-state index in [0.717, 1.165) is 6.42 Å². The van der Waals surface area contributed by atoms with E-state index < -0.39 is 8.32 Å². The molecule has 0 aromatic heterocycles. The highest BCUT2D eigenvalue weighted by molar-refractivity contribution is 6.74. The first-order valence-electron chi connectivity index (χ1n) is 6.20. The number of hydrogen-bond acceptors (Lipinski definition) is 1. The van der Waals surface area contributed by atoms with Crippen LogP contribution in [0.4, 0.5) is 0 Å². The van der Waals surface area contributed by atoms with Crippen molar-refractivity contribution in [2.75, 3.05) is 0 Å². The van der Waals surface area contributed by atoms with Crippen LogP contribution in [0.5, 0.6) is 0 Å². The van der Waals surface area contributed by atoms with Crippen LogP contribution >= 0.6 is 0 Å². The third kappa shape index (κ3) is 4.42. The Morgan fingerprint density at radius 3 is 1.81 bits per heavy atom. The summed E-state index contributed by atoms with van der Waals surface area (Å²) in [6, 6.07) is 0. The van der Waals surface area contributed by atoms with Crippen LogP contribution in [0.3, 0.4) is 0 Å². The highest BCUT2D eigenvalue weighted by Gasteiger charge is 2.41. The SMILES string of the molecule is C=CC[C@H](O[Si](C)(C)C(C)(C)C)C(C)(C)C. The third-order valence-electron chi connectivity index (χ3n) is 3.59. The summed E-state index contributed by atoms with van der Waals surface area (Å²) in [5.41, 5.74) is 0.184. The van der Waals surface area contributed by atoms with Gasteiger partial charge in [-0.2, -0.15) is 0 Å². The molecule has 2 heteroatoms. The fraction of sp³-hybridized carbons (Fsp3) is 0.857. The first-order chi connectivity index (χ1) is 6.92. The Balaban J connectivity index is 4.83. The largest absolute Gasteiger partial charge is 0.413 e. The van der Waals surface area contributed by atoms with Crippen molar-refractivity contribution in [3.8, 4) is 0 Å². The highest BCUT2D eigenvalue weighted by Crippen LogP contribution is 2.40. The van der Waals surface area contributed by atoms with Crippen LogP contribution in [-0.4, -0.2) is 14.4 Å². The molecule has 0 bridgehead atoms. The minimum absolute atomic E-state index is 0.184. The van der Waals surface area contributed by atoms with Crippen LogP contribution in [0.25, 0.3) is 0 Å². The zero-order valence-electron chi connectivity index (χ0n) is 12.5. The molecule has 0 N–H and O–H groups in total. The molecule has 0 amide bonds. The molecule has 1 nitrogen and oxygen atoms in total. The van der Waals surface area contributed by atoms with Gasteiger partial charge in [-0.15, -0.1) is 6.58 Å². The minimum atomic E-state index is -1.66. The van der Waals surface area contributed by atoms with Gasteiger partial charge in [-0.1, -0.05) is 47.6 Å². The Labute approximate surface area is 103 Å². The fourth-order valence-electron chi connectivity index (χ4n) is 1.26. The zero-order chi connectivity index (χ0) is 13.2. The molecule has 96 valence electrons. The van der Waals surface area contributed by atoms with Crippen LogP contribution in [0.1, 0.15) is 48.0 Å². The summed E-state index contributed by atoms with van der Waals surface area (Å²) in [5.74, 6) is 0. The molecule has 0 aromatic rings. The quantitative estimate of drug-likeness (QED) is 0.498. The van der Waals surface area contributed by atoms with E-state index in [4.69, 9.17) is 4.43 Å². The Hall–Kier alpha value is -0.0831.